The Hall–Kier alpha value is -6.35. The van der Waals surface area contributed by atoms with Gasteiger partial charge in [-0.05, 0) is 124 Å². The summed E-state index contributed by atoms with van der Waals surface area (Å²) in [7, 11) is 4.09. The van der Waals surface area contributed by atoms with Crippen molar-refractivity contribution in [3.8, 4) is 5.75 Å². The summed E-state index contributed by atoms with van der Waals surface area (Å²) in [5.74, 6) is -2.66. The van der Waals surface area contributed by atoms with Gasteiger partial charge in [0.15, 0.2) is 17.7 Å². The molecule has 5 aliphatic heterocycles. The van der Waals surface area contributed by atoms with Crippen LogP contribution in [-0.4, -0.2) is 173 Å². The highest BCUT2D eigenvalue weighted by Crippen LogP contribution is 2.70. The van der Waals surface area contributed by atoms with Gasteiger partial charge in [-0.25, -0.2) is 4.79 Å². The number of fused-ring (bicyclic) bond motifs is 11. The number of hydrogen-bond acceptors (Lipinski definition) is 17. The molecular weight excluding hydrogens is 1100 g/mol. The molecule has 0 radical (unpaired) electrons. The molecule has 86 heavy (non-hydrogen) atoms. The highest BCUT2D eigenvalue weighted by molar-refractivity contribution is 6.02. The van der Waals surface area contributed by atoms with E-state index in [1.165, 1.54) is 33.2 Å². The second-order valence-electron chi connectivity index (χ2n) is 27.1. The van der Waals surface area contributed by atoms with Crippen molar-refractivity contribution in [1.82, 2.24) is 14.8 Å². The molecule has 1 spiro atoms. The molecule has 460 valence electrons. The van der Waals surface area contributed by atoms with Crippen LogP contribution in [0.4, 0.5) is 5.69 Å². The lowest BCUT2D eigenvalue weighted by atomic mass is 9.46. The van der Waals surface area contributed by atoms with Crippen LogP contribution >= 0.6 is 0 Å². The molecular formula is C67H82N4O15. The Morgan fingerprint density at radius 1 is 0.884 bits per heavy atom. The third-order valence-corrected chi connectivity index (χ3v) is 23.5. The quantitative estimate of drug-likeness (QED) is 0.0748. The zero-order chi connectivity index (χ0) is 61.5. The maximum Gasteiger partial charge on any atom is 0.344 e. The number of anilines is 1. The van der Waals surface area contributed by atoms with Crippen LogP contribution in [0.25, 0.3) is 10.9 Å². The average Bonchev–Trinajstić information content (AvgIpc) is 1.43. The summed E-state index contributed by atoms with van der Waals surface area (Å²) >= 11 is 0. The van der Waals surface area contributed by atoms with E-state index in [4.69, 9.17) is 18.9 Å². The van der Waals surface area contributed by atoms with Gasteiger partial charge in [-0.1, -0.05) is 69.7 Å². The number of piperidine rings is 1. The predicted molar refractivity (Wildman–Crippen MR) is 315 cm³/mol. The van der Waals surface area contributed by atoms with Crippen molar-refractivity contribution < 1.29 is 72.9 Å². The van der Waals surface area contributed by atoms with Gasteiger partial charge in [-0.3, -0.25) is 38.6 Å². The van der Waals surface area contributed by atoms with Crippen molar-refractivity contribution >= 4 is 58.3 Å². The Morgan fingerprint density at radius 3 is 2.33 bits per heavy atom. The standard InChI is InChI=1S/C46H56N4O10.C21H26O5/c1-7-42(55)22-28-23-45(40(53)58-5,36-30(14-18-48(24-28)25-42)29-12-9-10-13-33(29)47-36)32-20-31-34(21-35(32)57-4)50(26-51)38-44(31)16-19-49-17-11-15-43(8-2,37(44)49)39(60-27(3)52)46(38,56)41(54)59-6;1-19-7-5-13(23)9-12(19)3-4-14-15-6-8-21(26,17(25)11-22)20(15,2)10-16(24)18(14)19/h9-13,15,20-21,26,28,37-39,47,55-56H,7-8,14,16-19,22-25H2,1-6H3;5,7,9,14-15,18,22,26H,3-4,6,8,10-11H2,1-2H3/t28-,37+,38-,39-,42+,43-,44-,45+,46+;14-,15-,18+,19-,20-,21-/m10/s1. The van der Waals surface area contributed by atoms with Crippen molar-refractivity contribution in [2.45, 2.75) is 151 Å². The van der Waals surface area contributed by atoms with Crippen molar-refractivity contribution in [3.05, 3.63) is 94.7 Å². The van der Waals surface area contributed by atoms with Gasteiger partial charge < -0.3 is 49.3 Å². The van der Waals surface area contributed by atoms with E-state index in [0.717, 1.165) is 34.9 Å². The zero-order valence-corrected chi connectivity index (χ0v) is 50.6. The van der Waals surface area contributed by atoms with Gasteiger partial charge in [0.2, 0.25) is 12.0 Å². The van der Waals surface area contributed by atoms with Crippen LogP contribution in [-0.2, 0) is 65.0 Å². The first kappa shape index (κ1) is 60.0. The number of para-hydroxylation sites is 1. The number of carbonyl (C=O) groups excluding carboxylic acids is 7. The van der Waals surface area contributed by atoms with Gasteiger partial charge in [-0.2, -0.15) is 0 Å². The molecule has 13 rings (SSSR count). The minimum Gasteiger partial charge on any atom is -0.496 e. The maximum absolute atomic E-state index is 15.3. The van der Waals surface area contributed by atoms with E-state index in [-0.39, 0.29) is 48.1 Å². The maximum atomic E-state index is 15.3. The van der Waals surface area contributed by atoms with Gasteiger partial charge in [0.25, 0.3) is 0 Å². The van der Waals surface area contributed by atoms with E-state index in [1.54, 1.807) is 18.2 Å². The van der Waals surface area contributed by atoms with Crippen molar-refractivity contribution in [1.29, 1.82) is 0 Å². The average molecular weight is 1180 g/mol. The van der Waals surface area contributed by atoms with E-state index < -0.39 is 92.4 Å². The van der Waals surface area contributed by atoms with E-state index in [9.17, 15) is 49.2 Å². The predicted octanol–water partition coefficient (Wildman–Crippen LogP) is 5.28. The van der Waals surface area contributed by atoms with Gasteiger partial charge >= 0.3 is 17.9 Å². The fraction of sp³-hybridized carbons (Fsp3) is 0.597. The fourth-order valence-electron chi connectivity index (χ4n) is 20.0. The van der Waals surface area contributed by atoms with Crippen LogP contribution in [0, 0.1) is 39.9 Å². The summed E-state index contributed by atoms with van der Waals surface area (Å²) in [6, 6.07) is 9.97. The normalized spacial score (nSPS) is 39.7. The summed E-state index contributed by atoms with van der Waals surface area (Å²) in [6.07, 6.45) is 13.7. The first-order valence-corrected chi connectivity index (χ1v) is 30.8. The van der Waals surface area contributed by atoms with E-state index in [0.29, 0.717) is 112 Å². The molecule has 1 aromatic heterocycles. The molecule has 4 saturated carbocycles. The van der Waals surface area contributed by atoms with Gasteiger partial charge in [0.05, 0.1) is 38.7 Å². The molecule has 16 atom stereocenters. The number of ketones is 3. The molecule has 10 aliphatic rings. The number of nitrogens with zero attached hydrogens (tertiary/aromatic N) is 3. The van der Waals surface area contributed by atoms with E-state index >= 15 is 4.79 Å². The number of aromatic nitrogens is 1. The fourth-order valence-corrected chi connectivity index (χ4v) is 20.0. The van der Waals surface area contributed by atoms with Gasteiger partial charge in [-0.15, -0.1) is 0 Å². The minimum atomic E-state index is -2.53. The number of nitrogens with one attached hydrogen (secondary N) is 1. The van der Waals surface area contributed by atoms with Crippen LogP contribution < -0.4 is 9.64 Å². The number of benzene rings is 2. The topological polar surface area (TPSA) is 263 Å². The Balaban J connectivity index is 0.000000231. The molecule has 5 aliphatic carbocycles. The number of hydrogen-bond donors (Lipinski definition) is 5. The van der Waals surface area contributed by atoms with E-state index in [1.807, 2.05) is 70.2 Å². The number of rotatable bonds is 10. The Labute approximate surface area is 501 Å². The van der Waals surface area contributed by atoms with Crippen molar-refractivity contribution in [2.24, 2.45) is 39.9 Å². The number of aromatic amines is 1. The molecule has 3 aromatic rings. The van der Waals surface area contributed by atoms with Crippen LogP contribution in [0.15, 0.2) is 72.4 Å². The number of aliphatic hydroxyl groups is 4. The summed E-state index contributed by atoms with van der Waals surface area (Å²) < 4.78 is 23.7. The second kappa shape index (κ2) is 20.9. The third kappa shape index (κ3) is 8.01. The number of ether oxygens (including phenoxy) is 4. The van der Waals surface area contributed by atoms with Gasteiger partial charge in [0, 0.05) is 101 Å². The molecule has 19 heteroatoms. The number of Topliss-reactive ketones (excluding diaryl/α,β-unsaturated/α-hetero) is 2. The number of allylic oxidation sites excluding steroid dienone is 4. The zero-order valence-electron chi connectivity index (χ0n) is 50.6. The Kier molecular flexibility index (Phi) is 14.6. The molecule has 6 fully saturated rings. The summed E-state index contributed by atoms with van der Waals surface area (Å²) in [6.45, 7) is 11.4. The molecule has 2 saturated heterocycles. The second-order valence-corrected chi connectivity index (χ2v) is 27.1. The SMILES string of the molecule is CC[C@]1(O)C[C@H]2CN(CCc3c([nH]c4ccccc34)[C@@](C(=O)OC)(c3cc4c(cc3OC)N(C=O)[C@H]3[C@@](O)(C(=O)OC)[C@H](OC(C)=O)[C@]5(CC)C=CCN6CC[C@]43[C@@H]65)C2)C1.C[C@]12C=CC(=O)C=C1CC[C@@H]1[C@@H]2C(=O)C[C@@]2(C)[C@H]1CC[C@]2(O)C(=O)CO. The Bertz CT molecular complexity index is 3460. The number of amides is 1. The van der Waals surface area contributed by atoms with E-state index in [2.05, 4.69) is 20.9 Å². The summed E-state index contributed by atoms with van der Waals surface area (Å²) in [4.78, 5) is 104. The van der Waals surface area contributed by atoms with Crippen LogP contribution in [0.1, 0.15) is 121 Å². The lowest BCUT2D eigenvalue weighted by Crippen LogP contribution is -2.81. The molecule has 2 aromatic carbocycles. The molecule has 1 unspecified atom stereocenters. The van der Waals surface area contributed by atoms with Crippen LogP contribution in [0.3, 0.4) is 0 Å². The lowest BCUT2D eigenvalue weighted by Gasteiger charge is -2.63. The number of methoxy groups -OCH3 is 3. The summed E-state index contributed by atoms with van der Waals surface area (Å²) in [5, 5.41) is 46.7. The number of carbonyl (C=O) groups is 7. The first-order valence-electron chi connectivity index (χ1n) is 30.8. The van der Waals surface area contributed by atoms with Crippen molar-refractivity contribution in [2.75, 3.05) is 65.6 Å². The Morgan fingerprint density at radius 2 is 1.64 bits per heavy atom. The van der Waals surface area contributed by atoms with Crippen LogP contribution in [0.2, 0.25) is 0 Å². The molecule has 19 nitrogen and oxygen atoms in total. The smallest absolute Gasteiger partial charge is 0.344 e. The summed E-state index contributed by atoms with van der Waals surface area (Å²) in [5.41, 5.74) is -5.01. The van der Waals surface area contributed by atoms with Crippen molar-refractivity contribution in [3.63, 3.8) is 0 Å². The number of H-pyrrole nitrogens is 1. The van der Waals surface area contributed by atoms with Crippen LogP contribution in [0.5, 0.6) is 5.75 Å². The van der Waals surface area contributed by atoms with Gasteiger partial charge in [0.1, 0.15) is 29.2 Å². The molecule has 2 bridgehead atoms. The highest BCUT2D eigenvalue weighted by Gasteiger charge is 2.81. The highest BCUT2D eigenvalue weighted by atomic mass is 16.6. The minimum absolute atomic E-state index is 0.0206. The molecule has 5 N–H and O–H groups in total. The third-order valence-electron chi connectivity index (χ3n) is 23.5. The molecule has 6 heterocycles. The largest absolute Gasteiger partial charge is 0.496 e. The lowest BCUT2D eigenvalue weighted by molar-refractivity contribution is -0.228. The monoisotopic (exact) mass is 1180 g/mol. The number of esters is 3. The first-order chi connectivity index (χ1) is 40.9. The number of aliphatic hydroxyl groups excluding tert-OH is 1. The molecule has 1 amide bonds.